The average Bonchev–Trinajstić information content (AvgIpc) is 3.52. The van der Waals surface area contributed by atoms with E-state index < -0.39 is 40.6 Å². The largest absolute Gasteiger partial charge is 0.506 e. The molecule has 262 valence electrons. The van der Waals surface area contributed by atoms with E-state index in [1.165, 1.54) is 22.3 Å². The summed E-state index contributed by atoms with van der Waals surface area (Å²) in [6.45, 7) is 4.11. The van der Waals surface area contributed by atoms with Crippen LogP contribution in [-0.4, -0.2) is 101 Å². The molecule has 10 nitrogen and oxygen atoms in total. The smallest absolute Gasteiger partial charge is 0.420 e. The van der Waals surface area contributed by atoms with Crippen molar-refractivity contribution in [2.45, 2.75) is 69.8 Å². The van der Waals surface area contributed by atoms with Crippen LogP contribution < -0.4 is 5.32 Å². The van der Waals surface area contributed by atoms with E-state index in [9.17, 15) is 32.7 Å². The highest BCUT2D eigenvalue weighted by atomic mass is 35.5. The number of nitrogens with one attached hydrogen (secondary N) is 1. The van der Waals surface area contributed by atoms with E-state index in [2.05, 4.69) is 17.3 Å². The molecule has 4 aliphatic rings. The van der Waals surface area contributed by atoms with Crippen molar-refractivity contribution in [1.29, 1.82) is 0 Å². The van der Waals surface area contributed by atoms with Crippen LogP contribution in [0.5, 0.6) is 5.75 Å². The highest BCUT2D eigenvalue weighted by Crippen LogP contribution is 2.41. The summed E-state index contributed by atoms with van der Waals surface area (Å²) in [5.74, 6) is -0.472. The Morgan fingerprint density at radius 1 is 1.02 bits per heavy atom. The summed E-state index contributed by atoms with van der Waals surface area (Å²) >= 11 is 7.45. The van der Waals surface area contributed by atoms with Gasteiger partial charge in [0.05, 0.1) is 17.1 Å². The first-order chi connectivity index (χ1) is 22.9. The van der Waals surface area contributed by atoms with Gasteiger partial charge >= 0.3 is 18.3 Å². The van der Waals surface area contributed by atoms with Crippen LogP contribution in [0.3, 0.4) is 0 Å². The molecule has 1 aromatic heterocycles. The van der Waals surface area contributed by atoms with Crippen molar-refractivity contribution >= 4 is 46.0 Å². The summed E-state index contributed by atoms with van der Waals surface area (Å²) in [6, 6.07) is 3.62. The zero-order valence-electron chi connectivity index (χ0n) is 26.8. The number of hydrogen-bond acceptors (Lipinski definition) is 7. The van der Waals surface area contributed by atoms with E-state index in [1.807, 2.05) is 11.4 Å². The average molecular weight is 712 g/mol. The lowest BCUT2D eigenvalue weighted by atomic mass is 9.79. The summed E-state index contributed by atoms with van der Waals surface area (Å²) in [7, 11) is 2.12. The van der Waals surface area contributed by atoms with Crippen LogP contribution in [0.15, 0.2) is 23.6 Å². The molecular weight excluding hydrogens is 671 g/mol. The van der Waals surface area contributed by atoms with Crippen LogP contribution >= 0.6 is 22.9 Å². The molecule has 3 fully saturated rings. The number of rotatable bonds is 6. The number of amides is 4. The van der Waals surface area contributed by atoms with Gasteiger partial charge in [0.2, 0.25) is 0 Å². The van der Waals surface area contributed by atoms with Gasteiger partial charge in [-0.15, -0.1) is 11.3 Å². The number of phenolic OH excluding ortho intramolecular Hbond substituents is 1. The zero-order valence-corrected chi connectivity index (χ0v) is 28.4. The van der Waals surface area contributed by atoms with Gasteiger partial charge in [-0.25, -0.2) is 9.59 Å². The third kappa shape index (κ3) is 7.65. The molecule has 0 unspecified atom stereocenters. The molecule has 2 N–H and O–H groups in total. The number of benzene rings is 1. The molecule has 5 heterocycles. The Hall–Kier alpha value is -3.23. The number of alkyl halides is 3. The van der Waals surface area contributed by atoms with Crippen LogP contribution in [0.25, 0.3) is 0 Å². The number of phenols is 1. The van der Waals surface area contributed by atoms with Gasteiger partial charge in [-0.2, -0.15) is 13.2 Å². The van der Waals surface area contributed by atoms with E-state index in [0.29, 0.717) is 44.3 Å². The molecule has 0 saturated carbocycles. The second-order valence-corrected chi connectivity index (χ2v) is 14.7. The van der Waals surface area contributed by atoms with E-state index >= 15 is 0 Å². The fraction of sp³-hybridized carbons (Fsp3) is 0.606. The minimum atomic E-state index is -4.88. The summed E-state index contributed by atoms with van der Waals surface area (Å²) in [4.78, 5) is 47.4. The van der Waals surface area contributed by atoms with Crippen molar-refractivity contribution in [3.63, 3.8) is 0 Å². The van der Waals surface area contributed by atoms with Gasteiger partial charge in [0, 0.05) is 44.2 Å². The molecule has 0 spiro atoms. The Bertz CT molecular complexity index is 1500. The Morgan fingerprint density at radius 2 is 1.65 bits per heavy atom. The lowest BCUT2D eigenvalue weighted by molar-refractivity contribution is -0.142. The van der Waals surface area contributed by atoms with Gasteiger partial charge in [0.15, 0.2) is 6.10 Å². The number of carbonyl (C=O) groups is 3. The number of likely N-dealkylation sites (tertiary alicyclic amines) is 3. The second kappa shape index (κ2) is 14.3. The number of thiophene rings is 1. The first kappa shape index (κ1) is 34.6. The van der Waals surface area contributed by atoms with Gasteiger partial charge in [0.25, 0.3) is 5.91 Å². The van der Waals surface area contributed by atoms with Crippen LogP contribution in [-0.2, 0) is 28.7 Å². The van der Waals surface area contributed by atoms with Crippen LogP contribution in [0.1, 0.15) is 55.2 Å². The van der Waals surface area contributed by atoms with E-state index in [0.717, 1.165) is 55.4 Å². The Balaban J connectivity index is 1.13. The first-order valence-corrected chi connectivity index (χ1v) is 17.8. The lowest BCUT2D eigenvalue weighted by Gasteiger charge is -2.41. The van der Waals surface area contributed by atoms with Crippen molar-refractivity contribution in [2.24, 2.45) is 11.8 Å². The zero-order chi connectivity index (χ0) is 34.2. The monoisotopic (exact) mass is 711 g/mol. The number of hydrogen-bond donors (Lipinski definition) is 2. The van der Waals surface area contributed by atoms with Crippen molar-refractivity contribution in [3.05, 3.63) is 45.3 Å². The van der Waals surface area contributed by atoms with Gasteiger partial charge in [-0.05, 0) is 99.6 Å². The predicted octanol–water partition coefficient (Wildman–Crippen LogP) is 6.27. The number of carbonyl (C=O) groups excluding carboxylic acids is 3. The minimum Gasteiger partial charge on any atom is -0.506 e. The highest BCUT2D eigenvalue weighted by molar-refractivity contribution is 7.14. The Kier molecular flexibility index (Phi) is 10.3. The molecule has 2 aromatic rings. The van der Waals surface area contributed by atoms with Gasteiger partial charge in [-0.1, -0.05) is 11.6 Å². The van der Waals surface area contributed by atoms with Gasteiger partial charge in [0.1, 0.15) is 10.8 Å². The minimum absolute atomic E-state index is 0.0140. The third-order valence-electron chi connectivity index (χ3n) is 10.4. The van der Waals surface area contributed by atoms with Crippen LogP contribution in [0, 0.1) is 11.8 Å². The summed E-state index contributed by atoms with van der Waals surface area (Å²) < 4.78 is 46.9. The predicted molar refractivity (Wildman–Crippen MR) is 175 cm³/mol. The van der Waals surface area contributed by atoms with E-state index in [1.54, 1.807) is 9.80 Å². The number of anilines is 1. The Morgan fingerprint density at radius 3 is 2.29 bits per heavy atom. The molecule has 48 heavy (non-hydrogen) atoms. The standard InChI is InChI=1S/C33H41ClF3N5O5S/c1-39-9-2-21(3-10-39)22-4-11-40(12-5-22)30(44)27(18-20-16-25(33(35,36)37)28(43)26(34)17-20)47-32(46)41-13-6-24(7-14-41)42-19-23-8-15-48-29(23)38-31(42)45/h8,15-17,21-22,24,27,43H,2-7,9-14,18-19H2,1H3,(H,38,45)/t27-/m1/s1. The second-order valence-electron chi connectivity index (χ2n) is 13.4. The molecule has 4 aliphatic heterocycles. The number of piperidine rings is 3. The molecule has 15 heteroatoms. The number of aromatic hydroxyl groups is 1. The number of ether oxygens (including phenoxy) is 1. The van der Waals surface area contributed by atoms with E-state index in [4.69, 9.17) is 16.3 Å². The summed E-state index contributed by atoms with van der Waals surface area (Å²) in [6.07, 6.45) is -2.46. The molecule has 4 amide bonds. The topological polar surface area (TPSA) is 106 Å². The fourth-order valence-electron chi connectivity index (χ4n) is 7.52. The normalized spacial score (nSPS) is 21.2. The number of fused-ring (bicyclic) bond motifs is 1. The summed E-state index contributed by atoms with van der Waals surface area (Å²) in [5.41, 5.74) is -0.263. The van der Waals surface area contributed by atoms with Crippen molar-refractivity contribution < 1.29 is 37.4 Å². The van der Waals surface area contributed by atoms with Crippen LogP contribution in [0.4, 0.5) is 27.8 Å². The maximum atomic E-state index is 13.9. The molecular formula is C33H41ClF3N5O5S. The maximum absolute atomic E-state index is 13.9. The van der Waals surface area contributed by atoms with Crippen LogP contribution in [0.2, 0.25) is 5.02 Å². The first-order valence-electron chi connectivity index (χ1n) is 16.5. The maximum Gasteiger partial charge on any atom is 0.420 e. The molecule has 1 aromatic carbocycles. The quantitative estimate of drug-likeness (QED) is 0.366. The molecule has 3 saturated heterocycles. The molecule has 0 aliphatic carbocycles. The number of nitrogens with zero attached hydrogens (tertiary/aromatic N) is 4. The Labute approximate surface area is 286 Å². The molecule has 0 radical (unpaired) electrons. The van der Waals surface area contributed by atoms with Gasteiger partial charge < -0.3 is 29.4 Å². The third-order valence-corrected chi connectivity index (χ3v) is 11.5. The van der Waals surface area contributed by atoms with Crippen molar-refractivity contribution in [2.75, 3.05) is 51.6 Å². The van der Waals surface area contributed by atoms with E-state index in [-0.39, 0.29) is 37.1 Å². The molecule has 1 atom stereocenters. The van der Waals surface area contributed by atoms with Crippen molar-refractivity contribution in [3.8, 4) is 5.75 Å². The fourth-order valence-corrected chi connectivity index (χ4v) is 8.56. The lowest BCUT2D eigenvalue weighted by Crippen LogP contribution is -2.52. The van der Waals surface area contributed by atoms with Gasteiger partial charge in [-0.3, -0.25) is 10.1 Å². The molecule has 6 rings (SSSR count). The molecule has 0 bridgehead atoms. The highest BCUT2D eigenvalue weighted by Gasteiger charge is 2.39. The van der Waals surface area contributed by atoms with Crippen molar-refractivity contribution in [1.82, 2.24) is 19.6 Å². The SMILES string of the molecule is CN1CCC(C2CCN(C(=O)[C@@H](Cc3cc(Cl)c(O)c(C(F)(F)F)c3)OC(=O)N3CCC(N4Cc5ccsc5NC4=O)CC3)CC2)CC1. The number of halogens is 4. The summed E-state index contributed by atoms with van der Waals surface area (Å²) in [5, 5.41) is 15.2. The number of urea groups is 1.